The average molecular weight is 530 g/mol. The lowest BCUT2D eigenvalue weighted by Crippen LogP contribution is -2.41. The van der Waals surface area contributed by atoms with Crippen LogP contribution in [0.4, 0.5) is 11.4 Å². The number of hydrogen-bond donors (Lipinski definition) is 1. The molecule has 2 amide bonds. The standard InChI is InChI=1S/C23H24BrN5O3S/c1-13-9-16(24)17(10-14(13)2)25-20(30)12-33-23-27-26-22(28(23)4)15(3)29-18-7-5-6-8-19(18)32-11-21(29)31/h5-10,15H,11-12H2,1-4H3,(H,25,30)/t15-/m1/s1. The first-order chi connectivity index (χ1) is 15.8. The third kappa shape index (κ3) is 4.77. The molecule has 1 atom stereocenters. The fourth-order valence-corrected chi connectivity index (χ4v) is 4.95. The van der Waals surface area contributed by atoms with E-state index in [0.29, 0.717) is 22.4 Å². The molecule has 172 valence electrons. The molecule has 2 aromatic carbocycles. The van der Waals surface area contributed by atoms with Crippen molar-refractivity contribution < 1.29 is 14.3 Å². The number of para-hydroxylation sites is 2. The van der Waals surface area contributed by atoms with Crippen LogP contribution in [0.1, 0.15) is 29.9 Å². The summed E-state index contributed by atoms with van der Waals surface area (Å²) in [6, 6.07) is 11.0. The van der Waals surface area contributed by atoms with E-state index in [-0.39, 0.29) is 30.2 Å². The van der Waals surface area contributed by atoms with Crippen molar-refractivity contribution in [1.82, 2.24) is 14.8 Å². The Labute approximate surface area is 204 Å². The van der Waals surface area contributed by atoms with E-state index in [2.05, 4.69) is 31.4 Å². The number of nitrogens with zero attached hydrogens (tertiary/aromatic N) is 4. The van der Waals surface area contributed by atoms with Crippen molar-refractivity contribution in [2.75, 3.05) is 22.6 Å². The Balaban J connectivity index is 1.46. The first-order valence-corrected chi connectivity index (χ1v) is 12.2. The molecule has 1 aliphatic heterocycles. The van der Waals surface area contributed by atoms with Crippen LogP contribution in [-0.4, -0.2) is 38.9 Å². The van der Waals surface area contributed by atoms with Crippen LogP contribution in [0, 0.1) is 13.8 Å². The van der Waals surface area contributed by atoms with Gasteiger partial charge in [0.05, 0.1) is 23.2 Å². The van der Waals surface area contributed by atoms with Gasteiger partial charge in [-0.15, -0.1) is 10.2 Å². The van der Waals surface area contributed by atoms with Gasteiger partial charge in [-0.05, 0) is 72.1 Å². The number of aryl methyl sites for hydroxylation is 2. The van der Waals surface area contributed by atoms with Crippen LogP contribution in [0.25, 0.3) is 0 Å². The summed E-state index contributed by atoms with van der Waals surface area (Å²) >= 11 is 4.79. The van der Waals surface area contributed by atoms with Crippen LogP contribution in [0.2, 0.25) is 0 Å². The molecule has 0 unspecified atom stereocenters. The normalized spacial score (nSPS) is 14.0. The maximum absolute atomic E-state index is 12.6. The summed E-state index contributed by atoms with van der Waals surface area (Å²) in [7, 11) is 1.84. The summed E-state index contributed by atoms with van der Waals surface area (Å²) < 4.78 is 8.20. The summed E-state index contributed by atoms with van der Waals surface area (Å²) in [5.41, 5.74) is 3.70. The summed E-state index contributed by atoms with van der Waals surface area (Å²) in [4.78, 5) is 26.9. The largest absolute Gasteiger partial charge is 0.482 e. The van der Waals surface area contributed by atoms with Gasteiger partial charge in [0.2, 0.25) is 5.91 Å². The zero-order chi connectivity index (χ0) is 23.7. The fourth-order valence-electron chi connectivity index (χ4n) is 3.67. The van der Waals surface area contributed by atoms with Crippen molar-refractivity contribution in [3.05, 3.63) is 57.8 Å². The van der Waals surface area contributed by atoms with Gasteiger partial charge in [0.15, 0.2) is 17.6 Å². The number of rotatable bonds is 6. The van der Waals surface area contributed by atoms with Crippen molar-refractivity contribution in [3.8, 4) is 5.75 Å². The number of ether oxygens (including phenoxy) is 1. The molecule has 4 rings (SSSR count). The highest BCUT2D eigenvalue weighted by Gasteiger charge is 2.32. The van der Waals surface area contributed by atoms with Crippen LogP contribution in [0.3, 0.4) is 0 Å². The Hall–Kier alpha value is -2.85. The number of nitrogens with one attached hydrogen (secondary N) is 1. The molecule has 0 saturated heterocycles. The molecule has 1 aliphatic rings. The Morgan fingerprint density at radius 1 is 1.24 bits per heavy atom. The molecule has 0 aliphatic carbocycles. The predicted octanol–water partition coefficient (Wildman–Crippen LogP) is 4.41. The van der Waals surface area contributed by atoms with Crippen LogP contribution in [-0.2, 0) is 16.6 Å². The lowest BCUT2D eigenvalue weighted by Gasteiger charge is -2.33. The molecule has 0 radical (unpaired) electrons. The van der Waals surface area contributed by atoms with Gasteiger partial charge in [-0.2, -0.15) is 0 Å². The molecule has 0 fully saturated rings. The van der Waals surface area contributed by atoms with Crippen molar-refractivity contribution in [2.45, 2.75) is 32.0 Å². The smallest absolute Gasteiger partial charge is 0.265 e. The quantitative estimate of drug-likeness (QED) is 0.475. The minimum atomic E-state index is -0.352. The monoisotopic (exact) mass is 529 g/mol. The summed E-state index contributed by atoms with van der Waals surface area (Å²) in [5.74, 6) is 1.18. The fraction of sp³-hybridized carbons (Fsp3) is 0.304. The zero-order valence-electron chi connectivity index (χ0n) is 18.8. The van der Waals surface area contributed by atoms with E-state index in [1.165, 1.54) is 11.8 Å². The second kappa shape index (κ2) is 9.56. The number of hydrogen-bond acceptors (Lipinski definition) is 6. The first-order valence-electron chi connectivity index (χ1n) is 10.4. The van der Waals surface area contributed by atoms with Gasteiger partial charge in [0, 0.05) is 11.5 Å². The lowest BCUT2D eigenvalue weighted by molar-refractivity contribution is -0.121. The minimum absolute atomic E-state index is 0.0188. The summed E-state index contributed by atoms with van der Waals surface area (Å²) in [6.45, 7) is 5.92. The van der Waals surface area contributed by atoms with Gasteiger partial charge in [0.1, 0.15) is 5.75 Å². The lowest BCUT2D eigenvalue weighted by atomic mass is 10.1. The van der Waals surface area contributed by atoms with Gasteiger partial charge in [0.25, 0.3) is 5.91 Å². The van der Waals surface area contributed by atoms with Crippen molar-refractivity contribution in [3.63, 3.8) is 0 Å². The van der Waals surface area contributed by atoms with Crippen LogP contribution in [0.15, 0.2) is 46.0 Å². The van der Waals surface area contributed by atoms with E-state index in [4.69, 9.17) is 4.74 Å². The average Bonchev–Trinajstić information content (AvgIpc) is 3.16. The van der Waals surface area contributed by atoms with E-state index in [1.807, 2.05) is 68.8 Å². The molecule has 8 nitrogen and oxygen atoms in total. The number of thioether (sulfide) groups is 1. The number of aromatic nitrogens is 3. The van der Waals surface area contributed by atoms with Crippen molar-refractivity contribution >= 4 is 50.9 Å². The molecule has 33 heavy (non-hydrogen) atoms. The first kappa shape index (κ1) is 23.3. The molecule has 0 bridgehead atoms. The molecular formula is C23H24BrN5O3S. The Morgan fingerprint density at radius 3 is 2.76 bits per heavy atom. The van der Waals surface area contributed by atoms with Gasteiger partial charge >= 0.3 is 0 Å². The van der Waals surface area contributed by atoms with Crippen molar-refractivity contribution in [2.24, 2.45) is 7.05 Å². The number of benzene rings is 2. The number of carbonyl (C=O) groups excluding carboxylic acids is 2. The molecule has 2 heterocycles. The summed E-state index contributed by atoms with van der Waals surface area (Å²) in [5, 5.41) is 12.1. The molecule has 1 aromatic heterocycles. The van der Waals surface area contributed by atoms with Crippen LogP contribution in [0.5, 0.6) is 5.75 Å². The molecule has 10 heteroatoms. The third-order valence-electron chi connectivity index (χ3n) is 5.56. The van der Waals surface area contributed by atoms with E-state index >= 15 is 0 Å². The SMILES string of the molecule is Cc1cc(Br)c(NC(=O)CSc2nnc([C@@H](C)N3C(=O)COc4ccccc43)n2C)cc1C. The van der Waals surface area contributed by atoms with E-state index in [1.54, 1.807) is 4.90 Å². The molecule has 1 N–H and O–H groups in total. The van der Waals surface area contributed by atoms with Crippen LogP contribution >= 0.6 is 27.7 Å². The molecule has 3 aromatic rings. The molecular weight excluding hydrogens is 506 g/mol. The second-order valence-corrected chi connectivity index (χ2v) is 9.65. The van der Waals surface area contributed by atoms with Crippen LogP contribution < -0.4 is 15.0 Å². The molecule has 0 saturated carbocycles. The Bertz CT molecular complexity index is 1230. The number of amides is 2. The summed E-state index contributed by atoms with van der Waals surface area (Å²) in [6.07, 6.45) is 0. The highest BCUT2D eigenvalue weighted by Crippen LogP contribution is 2.37. The van der Waals surface area contributed by atoms with Gasteiger partial charge in [-0.1, -0.05) is 23.9 Å². The maximum atomic E-state index is 12.6. The minimum Gasteiger partial charge on any atom is -0.482 e. The predicted molar refractivity (Wildman–Crippen MR) is 132 cm³/mol. The number of halogens is 1. The van der Waals surface area contributed by atoms with Crippen molar-refractivity contribution in [1.29, 1.82) is 0 Å². The van der Waals surface area contributed by atoms with Gasteiger partial charge < -0.3 is 14.6 Å². The zero-order valence-corrected chi connectivity index (χ0v) is 21.2. The van der Waals surface area contributed by atoms with Gasteiger partial charge in [-0.3, -0.25) is 14.5 Å². The number of fused-ring (bicyclic) bond motifs is 1. The maximum Gasteiger partial charge on any atom is 0.265 e. The van der Waals surface area contributed by atoms with E-state index in [9.17, 15) is 9.59 Å². The Kier molecular flexibility index (Phi) is 6.76. The topological polar surface area (TPSA) is 89.3 Å². The molecule has 0 spiro atoms. The van der Waals surface area contributed by atoms with E-state index < -0.39 is 0 Å². The second-order valence-electron chi connectivity index (χ2n) is 7.85. The Morgan fingerprint density at radius 2 is 1.97 bits per heavy atom. The highest BCUT2D eigenvalue weighted by atomic mass is 79.9. The highest BCUT2D eigenvalue weighted by molar-refractivity contribution is 9.10. The van der Waals surface area contributed by atoms with E-state index in [0.717, 1.165) is 21.3 Å². The number of anilines is 2. The third-order valence-corrected chi connectivity index (χ3v) is 7.24. The number of carbonyl (C=O) groups is 2. The van der Waals surface area contributed by atoms with Gasteiger partial charge in [-0.25, -0.2) is 0 Å².